The Labute approximate surface area is 166 Å². The summed E-state index contributed by atoms with van der Waals surface area (Å²) in [6, 6.07) is 15.1. The third kappa shape index (κ3) is 3.86. The molecule has 29 heavy (non-hydrogen) atoms. The number of nitrogens with one attached hydrogen (secondary N) is 2. The predicted octanol–water partition coefficient (Wildman–Crippen LogP) is 2.26. The van der Waals surface area contributed by atoms with Crippen LogP contribution in [0.3, 0.4) is 0 Å². The zero-order valence-corrected chi connectivity index (χ0v) is 16.2. The SMILES string of the molecule is CC(=O)Nc1ccccc1C(=O)C(=O)Nc1c(C)n(C)n(-c2ccccc2)c1=O. The maximum atomic E-state index is 12.9. The average Bonchev–Trinajstić information content (AvgIpc) is 2.91. The molecule has 0 saturated carbocycles. The summed E-state index contributed by atoms with van der Waals surface area (Å²) in [5, 5.41) is 4.95. The van der Waals surface area contributed by atoms with Gasteiger partial charge in [-0.1, -0.05) is 30.3 Å². The second-order valence-corrected chi connectivity index (χ2v) is 6.45. The third-order valence-corrected chi connectivity index (χ3v) is 4.48. The molecule has 8 nitrogen and oxygen atoms in total. The molecule has 0 fully saturated rings. The first-order valence-corrected chi connectivity index (χ1v) is 8.87. The first-order valence-electron chi connectivity index (χ1n) is 8.87. The molecule has 2 aromatic carbocycles. The second-order valence-electron chi connectivity index (χ2n) is 6.45. The Morgan fingerprint density at radius 3 is 2.17 bits per heavy atom. The summed E-state index contributed by atoms with van der Waals surface area (Å²) < 4.78 is 3.00. The molecule has 0 aliphatic carbocycles. The minimum atomic E-state index is -0.964. The van der Waals surface area contributed by atoms with Gasteiger partial charge in [-0.15, -0.1) is 0 Å². The molecule has 0 spiro atoms. The van der Waals surface area contributed by atoms with Gasteiger partial charge in [0.1, 0.15) is 5.69 Å². The van der Waals surface area contributed by atoms with Gasteiger partial charge < -0.3 is 10.6 Å². The molecule has 148 valence electrons. The topological polar surface area (TPSA) is 102 Å². The molecule has 2 amide bonds. The highest BCUT2D eigenvalue weighted by molar-refractivity contribution is 6.47. The van der Waals surface area contributed by atoms with E-state index in [1.54, 1.807) is 55.1 Å². The Hall–Kier alpha value is -3.94. The largest absolute Gasteiger partial charge is 0.326 e. The van der Waals surface area contributed by atoms with E-state index in [9.17, 15) is 19.2 Å². The van der Waals surface area contributed by atoms with Crippen molar-refractivity contribution < 1.29 is 14.4 Å². The van der Waals surface area contributed by atoms with Gasteiger partial charge in [0.05, 0.1) is 22.6 Å². The molecule has 0 radical (unpaired) electrons. The molecular formula is C21H20N4O4. The van der Waals surface area contributed by atoms with Crippen molar-refractivity contribution in [1.82, 2.24) is 9.36 Å². The van der Waals surface area contributed by atoms with Crippen LogP contribution in [0.2, 0.25) is 0 Å². The van der Waals surface area contributed by atoms with Gasteiger partial charge in [0.25, 0.3) is 17.2 Å². The van der Waals surface area contributed by atoms with Gasteiger partial charge in [-0.25, -0.2) is 4.68 Å². The first-order chi connectivity index (χ1) is 13.8. The van der Waals surface area contributed by atoms with Crippen LogP contribution in [-0.2, 0) is 16.6 Å². The number of nitrogens with zero attached hydrogens (tertiary/aromatic N) is 2. The van der Waals surface area contributed by atoms with E-state index in [0.717, 1.165) is 0 Å². The smallest absolute Gasteiger partial charge is 0.297 e. The number of carbonyl (C=O) groups is 3. The van der Waals surface area contributed by atoms with Gasteiger partial charge in [0.2, 0.25) is 5.91 Å². The molecule has 3 rings (SSSR count). The number of carbonyl (C=O) groups excluding carboxylic acids is 3. The fourth-order valence-corrected chi connectivity index (χ4v) is 2.98. The van der Waals surface area contributed by atoms with Crippen LogP contribution < -0.4 is 16.2 Å². The van der Waals surface area contributed by atoms with E-state index >= 15 is 0 Å². The molecule has 0 atom stereocenters. The lowest BCUT2D eigenvalue weighted by Crippen LogP contribution is -2.28. The van der Waals surface area contributed by atoms with Crippen LogP contribution in [0.5, 0.6) is 0 Å². The predicted molar refractivity (Wildman–Crippen MR) is 109 cm³/mol. The van der Waals surface area contributed by atoms with E-state index < -0.39 is 17.2 Å². The van der Waals surface area contributed by atoms with Crippen molar-refractivity contribution in [3.05, 3.63) is 76.2 Å². The fraction of sp³-hybridized carbons (Fsp3) is 0.143. The molecule has 0 unspecified atom stereocenters. The highest BCUT2D eigenvalue weighted by atomic mass is 16.2. The minimum absolute atomic E-state index is 0.0201. The standard InChI is InChI=1S/C21H20N4O4/c1-13-18(21(29)25(24(13)3)15-9-5-4-6-10-15)23-20(28)19(27)16-11-7-8-12-17(16)22-14(2)26/h4-12H,1-3H3,(H,22,26)(H,23,28). The lowest BCUT2D eigenvalue weighted by atomic mass is 10.1. The number of amides is 2. The quantitative estimate of drug-likeness (QED) is 0.514. The van der Waals surface area contributed by atoms with Crippen molar-refractivity contribution in [2.24, 2.45) is 7.05 Å². The number of rotatable bonds is 5. The van der Waals surface area contributed by atoms with Crippen molar-refractivity contribution in [2.75, 3.05) is 10.6 Å². The van der Waals surface area contributed by atoms with Crippen molar-refractivity contribution >= 4 is 29.0 Å². The number of ketones is 1. The summed E-state index contributed by atoms with van der Waals surface area (Å²) in [6.07, 6.45) is 0. The zero-order valence-electron chi connectivity index (χ0n) is 16.2. The highest BCUT2D eigenvalue weighted by Gasteiger charge is 2.24. The molecular weight excluding hydrogens is 372 g/mol. The van der Waals surface area contributed by atoms with Crippen molar-refractivity contribution in [2.45, 2.75) is 13.8 Å². The summed E-state index contributed by atoms with van der Waals surface area (Å²) in [6.45, 7) is 2.98. The van der Waals surface area contributed by atoms with Crippen molar-refractivity contribution in [1.29, 1.82) is 0 Å². The van der Waals surface area contributed by atoms with E-state index in [0.29, 0.717) is 11.4 Å². The number of hydrogen-bond donors (Lipinski definition) is 2. The van der Waals surface area contributed by atoms with E-state index in [2.05, 4.69) is 10.6 Å². The van der Waals surface area contributed by atoms with Gasteiger partial charge in [0, 0.05) is 14.0 Å². The number of aromatic nitrogens is 2. The summed E-state index contributed by atoms with van der Waals surface area (Å²) in [5.74, 6) is -2.19. The number of Topliss-reactive ketones (excluding diaryl/α,β-unsaturated/α-hetero) is 1. The van der Waals surface area contributed by atoms with Gasteiger partial charge in [-0.05, 0) is 31.2 Å². The molecule has 1 aromatic heterocycles. The Balaban J connectivity index is 1.94. The van der Waals surface area contributed by atoms with E-state index in [1.807, 2.05) is 6.07 Å². The highest BCUT2D eigenvalue weighted by Crippen LogP contribution is 2.18. The second kappa shape index (κ2) is 7.97. The summed E-state index contributed by atoms with van der Waals surface area (Å²) in [5.41, 5.74) is 0.962. The molecule has 0 bridgehead atoms. The summed E-state index contributed by atoms with van der Waals surface area (Å²) in [4.78, 5) is 49.5. The van der Waals surface area contributed by atoms with E-state index in [4.69, 9.17) is 0 Å². The van der Waals surface area contributed by atoms with Crippen LogP contribution in [0.25, 0.3) is 5.69 Å². The molecule has 0 saturated heterocycles. The van der Waals surface area contributed by atoms with Crippen LogP contribution in [0.15, 0.2) is 59.4 Å². The first kappa shape index (κ1) is 19.8. The number of hydrogen-bond acceptors (Lipinski definition) is 4. The van der Waals surface area contributed by atoms with Crippen molar-refractivity contribution in [3.63, 3.8) is 0 Å². The van der Waals surface area contributed by atoms with Gasteiger partial charge in [0.15, 0.2) is 0 Å². The normalized spacial score (nSPS) is 10.4. The molecule has 0 aliphatic rings. The van der Waals surface area contributed by atoms with Crippen LogP contribution in [0, 0.1) is 6.92 Å². The van der Waals surface area contributed by atoms with E-state index in [-0.39, 0.29) is 22.8 Å². The van der Waals surface area contributed by atoms with Gasteiger partial charge in [-0.2, -0.15) is 0 Å². The lowest BCUT2D eigenvalue weighted by molar-refractivity contribution is -0.114. The molecule has 2 N–H and O–H groups in total. The average molecular weight is 392 g/mol. The van der Waals surface area contributed by atoms with E-state index in [1.165, 1.54) is 23.7 Å². The van der Waals surface area contributed by atoms with Crippen LogP contribution in [0.1, 0.15) is 23.0 Å². The molecule has 0 aliphatic heterocycles. The molecule has 8 heteroatoms. The molecule has 1 heterocycles. The number of benzene rings is 2. The van der Waals surface area contributed by atoms with Gasteiger partial charge >= 0.3 is 0 Å². The minimum Gasteiger partial charge on any atom is -0.326 e. The Morgan fingerprint density at radius 1 is 0.897 bits per heavy atom. The number of anilines is 2. The van der Waals surface area contributed by atoms with Gasteiger partial charge in [-0.3, -0.25) is 23.9 Å². The van der Waals surface area contributed by atoms with Crippen LogP contribution in [-0.4, -0.2) is 27.0 Å². The number of para-hydroxylation sites is 2. The zero-order chi connectivity index (χ0) is 21.1. The van der Waals surface area contributed by atoms with Crippen molar-refractivity contribution in [3.8, 4) is 5.69 Å². The monoisotopic (exact) mass is 392 g/mol. The third-order valence-electron chi connectivity index (χ3n) is 4.48. The maximum Gasteiger partial charge on any atom is 0.297 e. The lowest BCUT2D eigenvalue weighted by Gasteiger charge is -2.09. The molecule has 3 aromatic rings. The Morgan fingerprint density at radius 2 is 1.52 bits per heavy atom. The maximum absolute atomic E-state index is 12.9. The summed E-state index contributed by atoms with van der Waals surface area (Å²) in [7, 11) is 1.69. The Kier molecular flexibility index (Phi) is 5.45. The van der Waals surface area contributed by atoms with Crippen LogP contribution in [0.4, 0.5) is 11.4 Å². The van der Waals surface area contributed by atoms with Crippen LogP contribution >= 0.6 is 0 Å². The fourth-order valence-electron chi connectivity index (χ4n) is 2.98. The summed E-state index contributed by atoms with van der Waals surface area (Å²) >= 11 is 0. The Bertz CT molecular complexity index is 1160.